The van der Waals surface area contributed by atoms with Gasteiger partial charge < -0.3 is 4.90 Å². The first-order chi connectivity index (χ1) is 11.3. The maximum Gasteiger partial charge on any atom is 0.276 e. The average Bonchev–Trinajstić information content (AvgIpc) is 2.55. The number of benzene rings is 1. The van der Waals surface area contributed by atoms with Crippen molar-refractivity contribution in [2.24, 2.45) is 11.1 Å². The van der Waals surface area contributed by atoms with E-state index in [1.54, 1.807) is 0 Å². The minimum Gasteiger partial charge on any atom is -0.338 e. The Kier molecular flexibility index (Phi) is 6.37. The minimum absolute atomic E-state index is 0.117. The van der Waals surface area contributed by atoms with Gasteiger partial charge in [-0.15, -0.1) is 0 Å². The van der Waals surface area contributed by atoms with Crippen LogP contribution in [0.4, 0.5) is 0 Å². The van der Waals surface area contributed by atoms with Crippen molar-refractivity contribution in [3.63, 3.8) is 0 Å². The second-order valence-electron chi connectivity index (χ2n) is 6.46. The van der Waals surface area contributed by atoms with Crippen molar-refractivity contribution in [1.82, 2.24) is 9.21 Å². The molecule has 0 radical (unpaired) electrons. The van der Waals surface area contributed by atoms with Crippen LogP contribution in [0.25, 0.3) is 0 Å². The molecule has 0 aliphatic carbocycles. The lowest BCUT2D eigenvalue weighted by Gasteiger charge is -2.33. The zero-order valence-corrected chi connectivity index (χ0v) is 15.3. The molecular formula is C17H27N3O3S. The molecule has 0 bridgehead atoms. The molecule has 1 fully saturated rings. The predicted molar refractivity (Wildman–Crippen MR) is 94.3 cm³/mol. The molecule has 0 spiro atoms. The maximum absolute atomic E-state index is 12.8. The van der Waals surface area contributed by atoms with Gasteiger partial charge in [-0.25, -0.2) is 5.14 Å². The fraction of sp³-hybridized carbons (Fsp3) is 0.588. The molecule has 2 rings (SSSR count). The molecule has 7 heteroatoms. The van der Waals surface area contributed by atoms with E-state index in [1.807, 2.05) is 11.8 Å². The van der Waals surface area contributed by atoms with Crippen molar-refractivity contribution in [2.45, 2.75) is 39.7 Å². The number of hydrogen-bond acceptors (Lipinski definition) is 3. The number of hydrogen-bond donors (Lipinski definition) is 1. The SMILES string of the molecule is CCCN(Cc1ccc(C)cc1)C(=O)C1CCN(S(N)(=O)=O)CC1. The minimum atomic E-state index is -3.65. The number of nitrogens with two attached hydrogens (primary N) is 1. The third-order valence-electron chi connectivity index (χ3n) is 4.46. The Bertz CT molecular complexity index is 650. The molecule has 1 amide bonds. The van der Waals surface area contributed by atoms with E-state index in [0.29, 0.717) is 39.0 Å². The smallest absolute Gasteiger partial charge is 0.276 e. The van der Waals surface area contributed by atoms with Gasteiger partial charge in [-0.3, -0.25) is 4.79 Å². The summed E-state index contributed by atoms with van der Waals surface area (Å²) in [4.78, 5) is 14.7. The predicted octanol–water partition coefficient (Wildman–Crippen LogP) is 1.65. The summed E-state index contributed by atoms with van der Waals surface area (Å²) in [5.41, 5.74) is 2.31. The molecule has 0 aromatic heterocycles. The number of rotatable bonds is 6. The number of carbonyl (C=O) groups is 1. The van der Waals surface area contributed by atoms with E-state index in [1.165, 1.54) is 9.87 Å². The second kappa shape index (κ2) is 8.09. The van der Waals surface area contributed by atoms with Crippen molar-refractivity contribution in [3.8, 4) is 0 Å². The van der Waals surface area contributed by atoms with Crippen LogP contribution in [0.3, 0.4) is 0 Å². The van der Waals surface area contributed by atoms with Gasteiger partial charge in [0.25, 0.3) is 10.2 Å². The third-order valence-corrected chi connectivity index (χ3v) is 5.55. The highest BCUT2D eigenvalue weighted by Gasteiger charge is 2.31. The molecular weight excluding hydrogens is 326 g/mol. The number of aryl methyl sites for hydroxylation is 1. The van der Waals surface area contributed by atoms with Gasteiger partial charge in [0.15, 0.2) is 0 Å². The normalized spacial score (nSPS) is 17.0. The topological polar surface area (TPSA) is 83.7 Å². The fourth-order valence-corrected chi connectivity index (χ4v) is 3.79. The molecule has 0 saturated carbocycles. The molecule has 1 aromatic carbocycles. The molecule has 1 heterocycles. The Morgan fingerprint density at radius 2 is 1.83 bits per heavy atom. The van der Waals surface area contributed by atoms with Gasteiger partial charge in [-0.1, -0.05) is 36.8 Å². The quantitative estimate of drug-likeness (QED) is 0.844. The summed E-state index contributed by atoms with van der Waals surface area (Å²) >= 11 is 0. The summed E-state index contributed by atoms with van der Waals surface area (Å²) in [6.45, 7) is 6.04. The van der Waals surface area contributed by atoms with E-state index in [-0.39, 0.29) is 11.8 Å². The summed E-state index contributed by atoms with van der Waals surface area (Å²) in [5.74, 6) is -0.00788. The molecule has 2 N–H and O–H groups in total. The van der Waals surface area contributed by atoms with E-state index in [4.69, 9.17) is 5.14 Å². The summed E-state index contributed by atoms with van der Waals surface area (Å²) in [7, 11) is -3.65. The maximum atomic E-state index is 12.8. The van der Waals surface area contributed by atoms with Gasteiger partial charge >= 0.3 is 0 Å². The summed E-state index contributed by atoms with van der Waals surface area (Å²) in [6.07, 6.45) is 1.96. The molecule has 0 atom stereocenters. The molecule has 1 saturated heterocycles. The molecule has 1 aliphatic heterocycles. The highest BCUT2D eigenvalue weighted by Crippen LogP contribution is 2.22. The number of amides is 1. The molecule has 134 valence electrons. The first-order valence-electron chi connectivity index (χ1n) is 8.43. The van der Waals surface area contributed by atoms with Gasteiger partial charge in [-0.05, 0) is 31.7 Å². The highest BCUT2D eigenvalue weighted by molar-refractivity contribution is 7.86. The van der Waals surface area contributed by atoms with Crippen LogP contribution in [0.5, 0.6) is 0 Å². The number of carbonyl (C=O) groups excluding carboxylic acids is 1. The molecule has 1 aliphatic rings. The molecule has 6 nitrogen and oxygen atoms in total. The van der Waals surface area contributed by atoms with E-state index < -0.39 is 10.2 Å². The van der Waals surface area contributed by atoms with Crippen LogP contribution in [0.2, 0.25) is 0 Å². The van der Waals surface area contributed by atoms with Crippen LogP contribution in [-0.2, 0) is 21.5 Å². The molecule has 1 aromatic rings. The van der Waals surface area contributed by atoms with Gasteiger partial charge in [0.05, 0.1) is 0 Å². The van der Waals surface area contributed by atoms with Crippen molar-refractivity contribution in [1.29, 1.82) is 0 Å². The zero-order chi connectivity index (χ0) is 17.7. The Morgan fingerprint density at radius 3 is 2.33 bits per heavy atom. The van der Waals surface area contributed by atoms with Gasteiger partial charge in [0.2, 0.25) is 5.91 Å². The lowest BCUT2D eigenvalue weighted by atomic mass is 9.96. The van der Waals surface area contributed by atoms with Crippen LogP contribution in [-0.4, -0.2) is 43.2 Å². The van der Waals surface area contributed by atoms with E-state index in [9.17, 15) is 13.2 Å². The summed E-state index contributed by atoms with van der Waals surface area (Å²) in [5, 5.41) is 5.16. The average molecular weight is 353 g/mol. The van der Waals surface area contributed by atoms with Crippen LogP contribution >= 0.6 is 0 Å². The van der Waals surface area contributed by atoms with Crippen molar-refractivity contribution >= 4 is 16.1 Å². The Hall–Kier alpha value is -1.44. The van der Waals surface area contributed by atoms with Crippen LogP contribution in [0.15, 0.2) is 24.3 Å². The van der Waals surface area contributed by atoms with Gasteiger partial charge in [-0.2, -0.15) is 12.7 Å². The first kappa shape index (κ1) is 18.9. The monoisotopic (exact) mass is 353 g/mol. The first-order valence-corrected chi connectivity index (χ1v) is 9.93. The van der Waals surface area contributed by atoms with E-state index in [2.05, 4.69) is 31.2 Å². The fourth-order valence-electron chi connectivity index (χ4n) is 3.07. The summed E-state index contributed by atoms with van der Waals surface area (Å²) < 4.78 is 24.0. The standard InChI is InChI=1S/C17H27N3O3S/c1-3-10-19(13-15-6-4-14(2)5-7-15)17(21)16-8-11-20(12-9-16)24(18,22)23/h4-7,16H,3,8-13H2,1-2H3,(H2,18,22,23). The second-order valence-corrected chi connectivity index (χ2v) is 8.01. The van der Waals surface area contributed by atoms with Crippen molar-refractivity contribution in [2.75, 3.05) is 19.6 Å². The largest absolute Gasteiger partial charge is 0.338 e. The van der Waals surface area contributed by atoms with Crippen LogP contribution in [0, 0.1) is 12.8 Å². The van der Waals surface area contributed by atoms with E-state index >= 15 is 0 Å². The highest BCUT2D eigenvalue weighted by atomic mass is 32.2. The van der Waals surface area contributed by atoms with Gasteiger partial charge in [0.1, 0.15) is 0 Å². The van der Waals surface area contributed by atoms with Crippen LogP contribution in [0.1, 0.15) is 37.3 Å². The number of piperidine rings is 1. The van der Waals surface area contributed by atoms with Gasteiger partial charge in [0, 0.05) is 32.1 Å². The van der Waals surface area contributed by atoms with E-state index in [0.717, 1.165) is 12.0 Å². The molecule has 0 unspecified atom stereocenters. The van der Waals surface area contributed by atoms with Crippen LogP contribution < -0.4 is 5.14 Å². The lowest BCUT2D eigenvalue weighted by Crippen LogP contribution is -2.46. The Balaban J connectivity index is 2.00. The number of nitrogens with zero attached hydrogens (tertiary/aromatic N) is 2. The van der Waals surface area contributed by atoms with Crippen molar-refractivity contribution < 1.29 is 13.2 Å². The van der Waals surface area contributed by atoms with Crippen molar-refractivity contribution in [3.05, 3.63) is 35.4 Å². The lowest BCUT2D eigenvalue weighted by molar-refractivity contribution is -0.137. The molecule has 24 heavy (non-hydrogen) atoms. The zero-order valence-electron chi connectivity index (χ0n) is 14.4. The third kappa shape index (κ3) is 5.03. The Labute approximate surface area is 144 Å². The Morgan fingerprint density at radius 1 is 1.25 bits per heavy atom. The summed E-state index contributed by atoms with van der Waals surface area (Å²) in [6, 6.07) is 8.20.